The van der Waals surface area contributed by atoms with Crippen LogP contribution >= 0.6 is 0 Å². The average molecular weight is 276 g/mol. The number of hydrogen-bond donors (Lipinski definition) is 2. The Morgan fingerprint density at radius 2 is 1.95 bits per heavy atom. The predicted octanol–water partition coefficient (Wildman–Crippen LogP) is 1.09. The number of piperazine rings is 1. The van der Waals surface area contributed by atoms with Crippen molar-refractivity contribution in [2.45, 2.75) is 25.0 Å². The topological polar surface area (TPSA) is 64.0 Å². The van der Waals surface area contributed by atoms with E-state index in [1.54, 1.807) is 12.1 Å². The van der Waals surface area contributed by atoms with Crippen molar-refractivity contribution in [3.63, 3.8) is 0 Å². The fourth-order valence-electron chi connectivity index (χ4n) is 3.24. The van der Waals surface area contributed by atoms with Gasteiger partial charge in [0, 0.05) is 31.4 Å². The highest BCUT2D eigenvalue weighted by atomic mass is 16.4. The van der Waals surface area contributed by atoms with Crippen LogP contribution in [0, 0.1) is 0 Å². The molecule has 5 heteroatoms. The second kappa shape index (κ2) is 5.42. The Morgan fingerprint density at radius 3 is 2.65 bits per heavy atom. The molecular formula is C15H20N2O3. The molecule has 2 fully saturated rings. The molecule has 1 aromatic rings. The van der Waals surface area contributed by atoms with Gasteiger partial charge in [-0.15, -0.1) is 0 Å². The Labute approximate surface area is 118 Å². The van der Waals surface area contributed by atoms with E-state index in [1.165, 1.54) is 19.4 Å². The van der Waals surface area contributed by atoms with Gasteiger partial charge in [0.05, 0.1) is 0 Å². The van der Waals surface area contributed by atoms with E-state index in [-0.39, 0.29) is 0 Å². The first kappa shape index (κ1) is 13.4. The third kappa shape index (κ3) is 2.51. The summed E-state index contributed by atoms with van der Waals surface area (Å²) in [5, 5.41) is 18.3. The van der Waals surface area contributed by atoms with Crippen molar-refractivity contribution in [2.75, 3.05) is 31.1 Å². The van der Waals surface area contributed by atoms with Crippen molar-refractivity contribution in [3.05, 3.63) is 29.8 Å². The Bertz CT molecular complexity index is 488. The molecule has 108 valence electrons. The van der Waals surface area contributed by atoms with Crippen LogP contribution in [0.15, 0.2) is 24.3 Å². The van der Waals surface area contributed by atoms with Crippen molar-refractivity contribution in [1.82, 2.24) is 4.90 Å². The van der Waals surface area contributed by atoms with Crippen LogP contribution in [0.25, 0.3) is 0 Å². The maximum Gasteiger partial charge on any atom is 0.337 e. The van der Waals surface area contributed by atoms with Gasteiger partial charge in [-0.25, -0.2) is 4.79 Å². The molecule has 5 nitrogen and oxygen atoms in total. The smallest absolute Gasteiger partial charge is 0.337 e. The number of aliphatic hydroxyl groups excluding tert-OH is 1. The molecular weight excluding hydrogens is 256 g/mol. The van der Waals surface area contributed by atoms with Gasteiger partial charge in [0.15, 0.2) is 6.10 Å². The Hall–Kier alpha value is -1.59. The van der Waals surface area contributed by atoms with Gasteiger partial charge in [0.2, 0.25) is 0 Å². The Morgan fingerprint density at radius 1 is 1.20 bits per heavy atom. The zero-order valence-electron chi connectivity index (χ0n) is 11.4. The Balaban J connectivity index is 1.70. The van der Waals surface area contributed by atoms with Crippen LogP contribution in [0.1, 0.15) is 24.5 Å². The molecule has 0 bridgehead atoms. The van der Waals surface area contributed by atoms with E-state index in [4.69, 9.17) is 5.11 Å². The van der Waals surface area contributed by atoms with Gasteiger partial charge in [0.1, 0.15) is 0 Å². The summed E-state index contributed by atoms with van der Waals surface area (Å²) in [5.74, 6) is -1.21. The lowest BCUT2D eigenvalue weighted by Crippen LogP contribution is -2.50. The van der Waals surface area contributed by atoms with Crippen LogP contribution in [0.2, 0.25) is 0 Å². The van der Waals surface area contributed by atoms with Crippen LogP contribution in [0.3, 0.4) is 0 Å². The summed E-state index contributed by atoms with van der Waals surface area (Å²) in [7, 11) is 0. The maximum atomic E-state index is 10.7. The Kier molecular flexibility index (Phi) is 3.63. The number of fused-ring (bicyclic) bond motifs is 1. The van der Waals surface area contributed by atoms with Crippen LogP contribution in [-0.4, -0.2) is 53.3 Å². The van der Waals surface area contributed by atoms with E-state index in [0.29, 0.717) is 11.6 Å². The number of hydrogen-bond acceptors (Lipinski definition) is 4. The number of carboxylic acid groups (broad SMARTS) is 1. The highest BCUT2D eigenvalue weighted by molar-refractivity contribution is 5.74. The third-order valence-corrected chi connectivity index (χ3v) is 4.40. The molecule has 2 atom stereocenters. The fourth-order valence-corrected chi connectivity index (χ4v) is 3.24. The molecule has 0 saturated carbocycles. The first-order chi connectivity index (χ1) is 9.65. The fraction of sp³-hybridized carbons (Fsp3) is 0.533. The average Bonchev–Trinajstić information content (AvgIpc) is 2.94. The summed E-state index contributed by atoms with van der Waals surface area (Å²) in [5.41, 5.74) is 1.54. The zero-order chi connectivity index (χ0) is 14.1. The standard InChI is InChI=1S/C15H20N2O3/c18-14(15(19)20)11-3-5-12(6-4-11)17-9-8-16-7-1-2-13(16)10-17/h3-6,13-14,18H,1-2,7-10H2,(H,19,20). The van der Waals surface area contributed by atoms with Gasteiger partial charge in [-0.3, -0.25) is 4.90 Å². The first-order valence-corrected chi connectivity index (χ1v) is 7.15. The SMILES string of the molecule is O=C(O)C(O)c1ccc(N2CCN3CCCC3C2)cc1. The van der Waals surface area contributed by atoms with Gasteiger partial charge < -0.3 is 15.1 Å². The number of carboxylic acids is 1. The van der Waals surface area contributed by atoms with E-state index in [1.807, 2.05) is 12.1 Å². The molecule has 0 aromatic heterocycles. The highest BCUT2D eigenvalue weighted by Gasteiger charge is 2.30. The van der Waals surface area contributed by atoms with Crippen molar-refractivity contribution in [1.29, 1.82) is 0 Å². The molecule has 3 rings (SSSR count). The second-order valence-electron chi connectivity index (χ2n) is 5.61. The van der Waals surface area contributed by atoms with Crippen molar-refractivity contribution < 1.29 is 15.0 Å². The van der Waals surface area contributed by atoms with E-state index >= 15 is 0 Å². The zero-order valence-corrected chi connectivity index (χ0v) is 11.4. The molecule has 2 heterocycles. The lowest BCUT2D eigenvalue weighted by atomic mass is 10.1. The van der Waals surface area contributed by atoms with E-state index in [9.17, 15) is 9.90 Å². The van der Waals surface area contributed by atoms with Crippen LogP contribution in [-0.2, 0) is 4.79 Å². The van der Waals surface area contributed by atoms with Gasteiger partial charge >= 0.3 is 5.97 Å². The number of anilines is 1. The normalized spacial score (nSPS) is 24.4. The summed E-state index contributed by atoms with van der Waals surface area (Å²) in [6.07, 6.45) is 1.13. The summed E-state index contributed by atoms with van der Waals surface area (Å²) in [6, 6.07) is 7.88. The molecule has 2 saturated heterocycles. The number of aliphatic hydroxyl groups is 1. The van der Waals surface area contributed by atoms with Gasteiger partial charge in [-0.05, 0) is 37.1 Å². The van der Waals surface area contributed by atoms with E-state index in [2.05, 4.69) is 9.80 Å². The third-order valence-electron chi connectivity index (χ3n) is 4.40. The van der Waals surface area contributed by atoms with Gasteiger partial charge in [-0.1, -0.05) is 12.1 Å². The predicted molar refractivity (Wildman–Crippen MR) is 75.8 cm³/mol. The van der Waals surface area contributed by atoms with Crippen LogP contribution in [0.5, 0.6) is 0 Å². The summed E-state index contributed by atoms with van der Waals surface area (Å²) >= 11 is 0. The van der Waals surface area contributed by atoms with Gasteiger partial charge in [0.25, 0.3) is 0 Å². The largest absolute Gasteiger partial charge is 0.479 e. The highest BCUT2D eigenvalue weighted by Crippen LogP contribution is 2.26. The molecule has 2 aliphatic heterocycles. The minimum Gasteiger partial charge on any atom is -0.479 e. The minimum absolute atomic E-state index is 0.431. The molecule has 2 N–H and O–H groups in total. The number of carbonyl (C=O) groups is 1. The molecule has 2 unspecified atom stereocenters. The number of aliphatic carboxylic acids is 1. The van der Waals surface area contributed by atoms with Gasteiger partial charge in [-0.2, -0.15) is 0 Å². The molecule has 0 radical (unpaired) electrons. The summed E-state index contributed by atoms with van der Waals surface area (Å²) in [4.78, 5) is 15.7. The minimum atomic E-state index is -1.43. The molecule has 0 aliphatic carbocycles. The summed E-state index contributed by atoms with van der Waals surface area (Å²) < 4.78 is 0. The number of rotatable bonds is 3. The number of nitrogens with zero attached hydrogens (tertiary/aromatic N) is 2. The van der Waals surface area contributed by atoms with Crippen LogP contribution < -0.4 is 4.90 Å². The van der Waals surface area contributed by atoms with Crippen molar-refractivity contribution in [3.8, 4) is 0 Å². The van der Waals surface area contributed by atoms with E-state index in [0.717, 1.165) is 25.3 Å². The molecule has 2 aliphatic rings. The molecule has 20 heavy (non-hydrogen) atoms. The van der Waals surface area contributed by atoms with Crippen LogP contribution in [0.4, 0.5) is 5.69 Å². The quantitative estimate of drug-likeness (QED) is 0.865. The molecule has 1 aromatic carbocycles. The lowest BCUT2D eigenvalue weighted by Gasteiger charge is -2.38. The maximum absolute atomic E-state index is 10.7. The monoisotopic (exact) mass is 276 g/mol. The molecule has 0 spiro atoms. The molecule has 0 amide bonds. The number of benzene rings is 1. The second-order valence-corrected chi connectivity index (χ2v) is 5.61. The van der Waals surface area contributed by atoms with E-state index < -0.39 is 12.1 Å². The first-order valence-electron chi connectivity index (χ1n) is 7.15. The lowest BCUT2D eigenvalue weighted by molar-refractivity contribution is -0.146. The van der Waals surface area contributed by atoms with Crippen molar-refractivity contribution in [2.24, 2.45) is 0 Å². The van der Waals surface area contributed by atoms with Crippen molar-refractivity contribution >= 4 is 11.7 Å². The summed E-state index contributed by atoms with van der Waals surface area (Å²) in [6.45, 7) is 4.38.